The number of para-hydroxylation sites is 1. The molecule has 7 nitrogen and oxygen atoms in total. The lowest BCUT2D eigenvalue weighted by Gasteiger charge is -2.41. The van der Waals surface area contributed by atoms with Crippen molar-refractivity contribution in [3.05, 3.63) is 125 Å². The predicted molar refractivity (Wildman–Crippen MR) is 164 cm³/mol. The van der Waals surface area contributed by atoms with Crippen LogP contribution in [0.3, 0.4) is 0 Å². The Bertz CT molecular complexity index is 1550. The molecule has 1 fully saturated rings. The zero-order valence-corrected chi connectivity index (χ0v) is 25.2. The normalized spacial score (nSPS) is 20.7. The van der Waals surface area contributed by atoms with Gasteiger partial charge in [-0.2, -0.15) is 0 Å². The van der Waals surface area contributed by atoms with E-state index in [-0.39, 0.29) is 36.2 Å². The summed E-state index contributed by atoms with van der Waals surface area (Å²) in [6.07, 6.45) is -0.960. The first-order valence-corrected chi connectivity index (χ1v) is 16.2. The highest BCUT2D eigenvalue weighted by molar-refractivity contribution is 7.99. The van der Waals surface area contributed by atoms with Crippen molar-refractivity contribution in [1.82, 2.24) is 4.72 Å². The van der Waals surface area contributed by atoms with Crippen molar-refractivity contribution in [1.29, 1.82) is 0 Å². The molecule has 0 aromatic heterocycles. The van der Waals surface area contributed by atoms with Crippen LogP contribution in [0.15, 0.2) is 113 Å². The maximum atomic E-state index is 12.6. The van der Waals surface area contributed by atoms with Gasteiger partial charge in [-0.25, -0.2) is 13.1 Å². The van der Waals surface area contributed by atoms with E-state index < -0.39 is 16.3 Å². The second-order valence-electron chi connectivity index (χ2n) is 10.2. The molecule has 1 aliphatic heterocycles. The maximum absolute atomic E-state index is 12.6. The van der Waals surface area contributed by atoms with E-state index in [2.05, 4.69) is 11.6 Å². The molecule has 0 bridgehead atoms. The molecule has 0 radical (unpaired) electrons. The number of hydrogen-bond acceptors (Lipinski definition) is 7. The summed E-state index contributed by atoms with van der Waals surface area (Å²) in [5, 5.41) is 9.51. The molecule has 0 spiro atoms. The maximum Gasteiger partial charge on any atom is 0.240 e. The molecule has 9 heteroatoms. The molecule has 4 unspecified atom stereocenters. The van der Waals surface area contributed by atoms with Crippen LogP contribution >= 0.6 is 11.8 Å². The molecule has 2 N–H and O–H groups in total. The third-order valence-corrected chi connectivity index (χ3v) is 9.93. The third kappa shape index (κ3) is 7.23. The van der Waals surface area contributed by atoms with Gasteiger partial charge in [0.2, 0.25) is 10.0 Å². The molecular weight excluding hydrogens is 570 g/mol. The summed E-state index contributed by atoms with van der Waals surface area (Å²) in [6, 6.07) is 31.7. The van der Waals surface area contributed by atoms with E-state index in [1.165, 1.54) is 0 Å². The molecule has 42 heavy (non-hydrogen) atoms. The number of thioether (sulfide) groups is 1. The van der Waals surface area contributed by atoms with Crippen molar-refractivity contribution in [2.45, 2.75) is 48.4 Å². The lowest BCUT2D eigenvalue weighted by molar-refractivity contribution is -0.268. The number of benzene rings is 4. The largest absolute Gasteiger partial charge is 0.496 e. The summed E-state index contributed by atoms with van der Waals surface area (Å²) in [5.74, 6) is 1.58. The van der Waals surface area contributed by atoms with E-state index in [0.717, 1.165) is 32.9 Å². The van der Waals surface area contributed by atoms with Gasteiger partial charge in [-0.05, 0) is 41.0 Å². The second-order valence-corrected chi connectivity index (χ2v) is 13.0. The van der Waals surface area contributed by atoms with E-state index in [1.54, 1.807) is 49.2 Å². The first-order valence-electron chi connectivity index (χ1n) is 13.8. The first kappa shape index (κ1) is 30.3. The Morgan fingerprint density at radius 1 is 0.833 bits per heavy atom. The van der Waals surface area contributed by atoms with Crippen LogP contribution in [-0.4, -0.2) is 32.5 Å². The molecular formula is C33H35NO6S2. The van der Waals surface area contributed by atoms with Crippen LogP contribution in [0.25, 0.3) is 0 Å². The van der Waals surface area contributed by atoms with Crippen molar-refractivity contribution in [2.24, 2.45) is 5.92 Å². The summed E-state index contributed by atoms with van der Waals surface area (Å²) in [7, 11) is -1.93. The minimum absolute atomic E-state index is 0.0148. The molecule has 1 heterocycles. The average molecular weight is 606 g/mol. The van der Waals surface area contributed by atoms with Gasteiger partial charge in [0.05, 0.1) is 30.8 Å². The van der Waals surface area contributed by atoms with Gasteiger partial charge in [-0.15, -0.1) is 11.8 Å². The number of methoxy groups -OCH3 is 1. The lowest BCUT2D eigenvalue weighted by atomic mass is 9.91. The quantitative estimate of drug-likeness (QED) is 0.195. The van der Waals surface area contributed by atoms with Gasteiger partial charge in [0.25, 0.3) is 0 Å². The second kappa shape index (κ2) is 13.9. The summed E-state index contributed by atoms with van der Waals surface area (Å²) >= 11 is 1.69. The van der Waals surface area contributed by atoms with Crippen molar-refractivity contribution < 1.29 is 27.7 Å². The zero-order valence-electron chi connectivity index (χ0n) is 23.6. The molecule has 5 rings (SSSR count). The van der Waals surface area contributed by atoms with Crippen LogP contribution in [0.5, 0.6) is 5.75 Å². The lowest BCUT2D eigenvalue weighted by Crippen LogP contribution is -2.38. The Morgan fingerprint density at radius 2 is 1.48 bits per heavy atom. The van der Waals surface area contributed by atoms with E-state index in [9.17, 15) is 13.5 Å². The number of nitrogens with one attached hydrogen (secondary N) is 1. The van der Waals surface area contributed by atoms with Crippen LogP contribution in [0.1, 0.15) is 41.6 Å². The Hall–Kier alpha value is -3.18. The van der Waals surface area contributed by atoms with Crippen LogP contribution < -0.4 is 9.46 Å². The van der Waals surface area contributed by atoms with Crippen molar-refractivity contribution in [2.75, 3.05) is 12.9 Å². The summed E-state index contributed by atoms with van der Waals surface area (Å²) in [6.45, 7) is 2.29. The van der Waals surface area contributed by atoms with Crippen LogP contribution in [0, 0.1) is 5.92 Å². The first-order chi connectivity index (χ1) is 20.4. The third-order valence-electron chi connectivity index (χ3n) is 7.37. The fraction of sp³-hybridized carbons (Fsp3) is 0.273. The Morgan fingerprint density at radius 3 is 2.17 bits per heavy atom. The fourth-order valence-electron chi connectivity index (χ4n) is 4.87. The molecule has 4 atom stereocenters. The highest BCUT2D eigenvalue weighted by Gasteiger charge is 2.38. The smallest absolute Gasteiger partial charge is 0.240 e. The standard InChI is InChI=1S/C33H35NO6S2/c1-23-30(22-41-31-11-7-6-10-29(31)38-2)39-33(40-32(23)26-16-14-25(21-35)15-17-26)27-18-12-24(13-19-27)20-34-42(36,37)28-8-4-3-5-9-28/h3-19,23,30,32-35H,20-22H2,1-2H3. The van der Waals surface area contributed by atoms with Crippen molar-refractivity contribution >= 4 is 21.8 Å². The molecule has 1 aliphatic rings. The number of aliphatic hydroxyl groups is 1. The van der Waals surface area contributed by atoms with Gasteiger partial charge in [0.1, 0.15) is 5.75 Å². The number of rotatable bonds is 11. The van der Waals surface area contributed by atoms with Crippen LogP contribution in [0.4, 0.5) is 0 Å². The van der Waals surface area contributed by atoms with Gasteiger partial charge in [0, 0.05) is 28.7 Å². The fourth-order valence-corrected chi connectivity index (χ4v) is 7.11. The average Bonchev–Trinajstić information content (AvgIpc) is 3.04. The molecule has 0 saturated carbocycles. The van der Waals surface area contributed by atoms with Crippen molar-refractivity contribution in [3.8, 4) is 5.75 Å². The summed E-state index contributed by atoms with van der Waals surface area (Å²) in [4.78, 5) is 1.28. The van der Waals surface area contributed by atoms with Gasteiger partial charge in [0.15, 0.2) is 6.29 Å². The van der Waals surface area contributed by atoms with Gasteiger partial charge in [-0.1, -0.05) is 85.8 Å². The minimum atomic E-state index is -3.61. The monoisotopic (exact) mass is 605 g/mol. The minimum Gasteiger partial charge on any atom is -0.496 e. The molecule has 4 aromatic carbocycles. The topological polar surface area (TPSA) is 94.1 Å². The number of ether oxygens (including phenoxy) is 3. The van der Waals surface area contributed by atoms with E-state index in [0.29, 0.717) is 5.75 Å². The number of sulfonamides is 1. The SMILES string of the molecule is COc1ccccc1SCC1OC(c2ccc(CNS(=O)(=O)c3ccccc3)cc2)OC(c2ccc(CO)cc2)C1C. The van der Waals surface area contributed by atoms with Crippen LogP contribution in [-0.2, 0) is 32.6 Å². The Balaban J connectivity index is 1.33. The molecule has 4 aromatic rings. The van der Waals surface area contributed by atoms with Gasteiger partial charge in [-0.3, -0.25) is 0 Å². The molecule has 1 saturated heterocycles. The van der Waals surface area contributed by atoms with Crippen LogP contribution in [0.2, 0.25) is 0 Å². The Labute approximate surface area is 251 Å². The molecule has 0 amide bonds. The van der Waals surface area contributed by atoms with E-state index in [1.807, 2.05) is 72.8 Å². The molecule has 0 aliphatic carbocycles. The predicted octanol–water partition coefficient (Wildman–Crippen LogP) is 6.25. The number of hydrogen-bond donors (Lipinski definition) is 2. The molecule has 220 valence electrons. The van der Waals surface area contributed by atoms with Crippen molar-refractivity contribution in [3.63, 3.8) is 0 Å². The Kier molecular flexibility index (Phi) is 9.99. The highest BCUT2D eigenvalue weighted by atomic mass is 32.2. The number of aliphatic hydroxyl groups excluding tert-OH is 1. The summed E-state index contributed by atoms with van der Waals surface area (Å²) in [5.41, 5.74) is 3.53. The summed E-state index contributed by atoms with van der Waals surface area (Å²) < 4.78 is 46.6. The highest BCUT2D eigenvalue weighted by Crippen LogP contribution is 2.43. The van der Waals surface area contributed by atoms with Gasteiger partial charge < -0.3 is 19.3 Å². The van der Waals surface area contributed by atoms with E-state index >= 15 is 0 Å². The van der Waals surface area contributed by atoms with E-state index in [4.69, 9.17) is 14.2 Å². The van der Waals surface area contributed by atoms with Gasteiger partial charge >= 0.3 is 0 Å². The zero-order chi connectivity index (χ0) is 29.5.